The Balaban J connectivity index is 1.55. The molecule has 1 N–H and O–H groups in total. The number of amides is 1. The van der Waals surface area contributed by atoms with Crippen LogP contribution < -0.4 is 5.32 Å². The zero-order valence-corrected chi connectivity index (χ0v) is 16.6. The monoisotopic (exact) mass is 394 g/mol. The van der Waals surface area contributed by atoms with E-state index in [2.05, 4.69) is 26.5 Å². The fraction of sp³-hybridized carbons (Fsp3) is 0.450. The number of nitriles is 1. The smallest absolute Gasteiger partial charge is 0.231 e. The van der Waals surface area contributed by atoms with Crippen LogP contribution in [-0.2, 0) is 4.79 Å². The van der Waals surface area contributed by atoms with Crippen LogP contribution in [0.4, 0.5) is 0 Å². The highest BCUT2D eigenvalue weighted by atomic mass is 32.2. The van der Waals surface area contributed by atoms with Crippen LogP contribution in [0.15, 0.2) is 29.4 Å². The summed E-state index contributed by atoms with van der Waals surface area (Å²) in [6.45, 7) is 1.84. The molecule has 0 atom stereocenters. The van der Waals surface area contributed by atoms with E-state index in [1.165, 1.54) is 11.8 Å². The first-order valence-corrected chi connectivity index (χ1v) is 10.6. The SMILES string of the molecule is Cc1nc2c3ccccc3nc(SCC(=O)NC3(C#N)CCCCCC3)n2n1. The van der Waals surface area contributed by atoms with Crippen molar-refractivity contribution in [2.45, 2.75) is 56.1 Å². The lowest BCUT2D eigenvalue weighted by Crippen LogP contribution is -2.47. The second kappa shape index (κ2) is 7.76. The van der Waals surface area contributed by atoms with Crippen LogP contribution in [0.2, 0.25) is 0 Å². The number of nitrogens with zero attached hydrogens (tertiary/aromatic N) is 5. The predicted octanol–water partition coefficient (Wildman–Crippen LogP) is 3.41. The van der Waals surface area contributed by atoms with Crippen LogP contribution in [0.1, 0.15) is 44.3 Å². The second-order valence-electron chi connectivity index (χ2n) is 7.25. The van der Waals surface area contributed by atoms with Crippen LogP contribution in [0.5, 0.6) is 0 Å². The number of benzene rings is 1. The highest BCUT2D eigenvalue weighted by Gasteiger charge is 2.32. The van der Waals surface area contributed by atoms with Gasteiger partial charge in [0.1, 0.15) is 11.4 Å². The number of hydrogen-bond acceptors (Lipinski definition) is 6. The number of carbonyl (C=O) groups is 1. The van der Waals surface area contributed by atoms with Gasteiger partial charge in [-0.25, -0.2) is 9.97 Å². The summed E-state index contributed by atoms with van der Waals surface area (Å²) >= 11 is 1.32. The van der Waals surface area contributed by atoms with Gasteiger partial charge in [-0.3, -0.25) is 4.79 Å². The highest BCUT2D eigenvalue weighted by Crippen LogP contribution is 2.27. The topological polar surface area (TPSA) is 96.0 Å². The Kier molecular flexibility index (Phi) is 5.18. The van der Waals surface area contributed by atoms with Crippen molar-refractivity contribution in [2.75, 3.05) is 5.75 Å². The van der Waals surface area contributed by atoms with Crippen LogP contribution in [-0.4, -0.2) is 36.8 Å². The Bertz CT molecular complexity index is 1060. The molecule has 28 heavy (non-hydrogen) atoms. The van der Waals surface area contributed by atoms with Gasteiger partial charge in [0.25, 0.3) is 0 Å². The molecule has 1 fully saturated rings. The van der Waals surface area contributed by atoms with Gasteiger partial charge < -0.3 is 5.32 Å². The number of rotatable bonds is 4. The third-order valence-electron chi connectivity index (χ3n) is 5.14. The first kappa shape index (κ1) is 18.7. The molecule has 0 saturated heterocycles. The van der Waals surface area contributed by atoms with Gasteiger partial charge in [-0.05, 0) is 31.9 Å². The summed E-state index contributed by atoms with van der Waals surface area (Å²) in [6, 6.07) is 10.1. The van der Waals surface area contributed by atoms with E-state index in [0.717, 1.165) is 55.1 Å². The van der Waals surface area contributed by atoms with Gasteiger partial charge in [0.15, 0.2) is 10.8 Å². The Morgan fingerprint density at radius 1 is 1.25 bits per heavy atom. The molecule has 0 unspecified atom stereocenters. The normalized spacial score (nSPS) is 16.6. The Morgan fingerprint density at radius 2 is 2.00 bits per heavy atom. The molecule has 4 rings (SSSR count). The van der Waals surface area contributed by atoms with E-state index in [1.807, 2.05) is 31.2 Å². The van der Waals surface area contributed by atoms with Crippen molar-refractivity contribution in [2.24, 2.45) is 0 Å². The first-order valence-electron chi connectivity index (χ1n) is 9.57. The molecular weight excluding hydrogens is 372 g/mol. The van der Waals surface area contributed by atoms with Gasteiger partial charge in [-0.2, -0.15) is 9.78 Å². The number of fused-ring (bicyclic) bond motifs is 3. The van der Waals surface area contributed by atoms with E-state index < -0.39 is 5.54 Å². The minimum absolute atomic E-state index is 0.145. The summed E-state index contributed by atoms with van der Waals surface area (Å²) in [5, 5.41) is 18.6. The average Bonchev–Trinajstić information content (AvgIpc) is 2.95. The van der Waals surface area contributed by atoms with Crippen molar-refractivity contribution in [1.29, 1.82) is 5.26 Å². The van der Waals surface area contributed by atoms with Crippen molar-refractivity contribution in [3.8, 4) is 6.07 Å². The number of carbonyl (C=O) groups excluding carboxylic acids is 1. The van der Waals surface area contributed by atoms with Crippen molar-refractivity contribution >= 4 is 34.2 Å². The molecule has 1 aliphatic rings. The fourth-order valence-corrected chi connectivity index (χ4v) is 4.50. The summed E-state index contributed by atoms with van der Waals surface area (Å²) in [7, 11) is 0. The third-order valence-corrected chi connectivity index (χ3v) is 6.07. The van der Waals surface area contributed by atoms with Gasteiger partial charge in [-0.15, -0.1) is 5.10 Å². The zero-order chi connectivity index (χ0) is 19.6. The van der Waals surface area contributed by atoms with Crippen LogP contribution in [0, 0.1) is 18.3 Å². The Hall–Kier alpha value is -2.66. The first-order chi connectivity index (χ1) is 13.6. The zero-order valence-electron chi connectivity index (χ0n) is 15.8. The fourth-order valence-electron chi connectivity index (χ4n) is 3.76. The lowest BCUT2D eigenvalue weighted by molar-refractivity contribution is -0.120. The number of hydrogen-bond donors (Lipinski definition) is 1. The lowest BCUT2D eigenvalue weighted by atomic mass is 9.92. The van der Waals surface area contributed by atoms with E-state index in [4.69, 9.17) is 0 Å². The number of para-hydroxylation sites is 1. The van der Waals surface area contributed by atoms with Gasteiger partial charge in [-0.1, -0.05) is 49.6 Å². The van der Waals surface area contributed by atoms with Gasteiger partial charge in [0, 0.05) is 5.39 Å². The van der Waals surface area contributed by atoms with Crippen LogP contribution in [0.25, 0.3) is 16.6 Å². The van der Waals surface area contributed by atoms with E-state index in [0.29, 0.717) is 11.0 Å². The molecule has 1 aliphatic carbocycles. The molecule has 144 valence electrons. The molecule has 8 heteroatoms. The van der Waals surface area contributed by atoms with E-state index >= 15 is 0 Å². The van der Waals surface area contributed by atoms with Crippen LogP contribution in [0.3, 0.4) is 0 Å². The Labute approximate surface area is 167 Å². The van der Waals surface area contributed by atoms with Gasteiger partial charge in [0.2, 0.25) is 5.91 Å². The predicted molar refractivity (Wildman–Crippen MR) is 108 cm³/mol. The van der Waals surface area contributed by atoms with E-state index in [-0.39, 0.29) is 11.7 Å². The molecule has 0 bridgehead atoms. The standard InChI is InChI=1S/C20H22N6OS/c1-14-22-18-15-8-4-5-9-16(15)23-19(26(18)25-14)28-12-17(27)24-20(13-21)10-6-2-3-7-11-20/h4-5,8-9H,2-3,6-7,10-12H2,1H3,(H,24,27). The quantitative estimate of drug-likeness (QED) is 0.414. The summed E-state index contributed by atoms with van der Waals surface area (Å²) in [5.74, 6) is 0.697. The number of aromatic nitrogens is 4. The Morgan fingerprint density at radius 3 is 2.75 bits per heavy atom. The summed E-state index contributed by atoms with van der Waals surface area (Å²) in [5.41, 5.74) is 0.829. The average molecular weight is 395 g/mol. The minimum Gasteiger partial charge on any atom is -0.337 e. The maximum atomic E-state index is 12.6. The van der Waals surface area contributed by atoms with Crippen molar-refractivity contribution < 1.29 is 4.79 Å². The van der Waals surface area contributed by atoms with E-state index in [1.54, 1.807) is 4.52 Å². The molecule has 3 aromatic rings. The van der Waals surface area contributed by atoms with E-state index in [9.17, 15) is 10.1 Å². The molecule has 2 aromatic heterocycles. The van der Waals surface area contributed by atoms with Crippen molar-refractivity contribution in [3.05, 3.63) is 30.1 Å². The largest absolute Gasteiger partial charge is 0.337 e. The summed E-state index contributed by atoms with van der Waals surface area (Å²) in [6.07, 6.45) is 5.65. The molecule has 1 amide bonds. The molecule has 2 heterocycles. The summed E-state index contributed by atoms with van der Waals surface area (Å²) in [4.78, 5) is 21.8. The maximum Gasteiger partial charge on any atom is 0.231 e. The van der Waals surface area contributed by atoms with Crippen molar-refractivity contribution in [1.82, 2.24) is 24.9 Å². The highest BCUT2D eigenvalue weighted by molar-refractivity contribution is 7.99. The molecule has 0 spiro atoms. The maximum absolute atomic E-state index is 12.6. The molecule has 0 radical (unpaired) electrons. The van der Waals surface area contributed by atoms with Crippen molar-refractivity contribution in [3.63, 3.8) is 0 Å². The molecule has 1 saturated carbocycles. The second-order valence-corrected chi connectivity index (χ2v) is 8.19. The van der Waals surface area contributed by atoms with Crippen LogP contribution >= 0.6 is 11.8 Å². The van der Waals surface area contributed by atoms with Gasteiger partial charge in [0.05, 0.1) is 17.3 Å². The molecule has 7 nitrogen and oxygen atoms in total. The molecule has 0 aliphatic heterocycles. The molecular formula is C20H22N6OS. The third kappa shape index (κ3) is 3.67. The number of thioether (sulfide) groups is 1. The number of nitrogens with one attached hydrogen (secondary N) is 1. The lowest BCUT2D eigenvalue weighted by Gasteiger charge is -2.26. The minimum atomic E-state index is -0.732. The number of aryl methyl sites for hydroxylation is 1. The summed E-state index contributed by atoms with van der Waals surface area (Å²) < 4.78 is 1.70. The molecule has 1 aromatic carbocycles. The van der Waals surface area contributed by atoms with Gasteiger partial charge >= 0.3 is 0 Å².